The molecule has 1 aromatic carbocycles. The Bertz CT molecular complexity index is 975. The van der Waals surface area contributed by atoms with Gasteiger partial charge < -0.3 is 9.32 Å². The number of furan rings is 1. The lowest BCUT2D eigenvalue weighted by Gasteiger charge is -2.21. The van der Waals surface area contributed by atoms with Crippen LogP contribution < -0.4 is 0 Å². The SMILES string of the molecule is Cc1cc(C(=O)N(Cc2ccco2)Cc2cccs2)ccc1-n1cnnn1. The number of hydrogen-bond donors (Lipinski definition) is 0. The molecule has 3 aromatic heterocycles. The molecule has 8 heteroatoms. The number of nitrogens with zero attached hydrogens (tertiary/aromatic N) is 5. The number of rotatable bonds is 6. The largest absolute Gasteiger partial charge is 0.467 e. The van der Waals surface area contributed by atoms with Gasteiger partial charge in [0.25, 0.3) is 5.91 Å². The van der Waals surface area contributed by atoms with Crippen molar-refractivity contribution in [1.82, 2.24) is 25.1 Å². The van der Waals surface area contributed by atoms with Gasteiger partial charge in [0.1, 0.15) is 12.1 Å². The summed E-state index contributed by atoms with van der Waals surface area (Å²) in [6.07, 6.45) is 3.15. The maximum Gasteiger partial charge on any atom is 0.254 e. The molecular weight excluding hydrogens is 362 g/mol. The zero-order chi connectivity index (χ0) is 18.6. The van der Waals surface area contributed by atoms with Crippen LogP contribution in [0.4, 0.5) is 0 Å². The van der Waals surface area contributed by atoms with Crippen molar-refractivity contribution in [3.63, 3.8) is 0 Å². The van der Waals surface area contributed by atoms with Crippen molar-refractivity contribution in [3.05, 3.63) is 82.2 Å². The fraction of sp³-hybridized carbons (Fsp3) is 0.158. The quantitative estimate of drug-likeness (QED) is 0.513. The fourth-order valence-corrected chi connectivity index (χ4v) is 3.60. The Balaban J connectivity index is 1.61. The highest BCUT2D eigenvalue weighted by molar-refractivity contribution is 7.09. The second-order valence-electron chi connectivity index (χ2n) is 6.08. The van der Waals surface area contributed by atoms with Gasteiger partial charge in [0.2, 0.25) is 0 Å². The van der Waals surface area contributed by atoms with E-state index in [4.69, 9.17) is 4.42 Å². The number of thiophene rings is 1. The van der Waals surface area contributed by atoms with E-state index in [1.807, 2.05) is 48.7 Å². The Hall–Kier alpha value is -3.26. The van der Waals surface area contributed by atoms with Crippen molar-refractivity contribution < 1.29 is 9.21 Å². The Morgan fingerprint density at radius 3 is 2.81 bits per heavy atom. The monoisotopic (exact) mass is 379 g/mol. The van der Waals surface area contributed by atoms with Crippen LogP contribution in [0, 0.1) is 6.92 Å². The summed E-state index contributed by atoms with van der Waals surface area (Å²) in [5.41, 5.74) is 2.38. The summed E-state index contributed by atoms with van der Waals surface area (Å²) >= 11 is 1.63. The predicted octanol–water partition coefficient (Wildman–Crippen LogP) is 3.47. The Labute approximate surface area is 159 Å². The van der Waals surface area contributed by atoms with Gasteiger partial charge >= 0.3 is 0 Å². The number of aromatic nitrogens is 4. The van der Waals surface area contributed by atoms with E-state index in [0.717, 1.165) is 21.9 Å². The average molecular weight is 379 g/mol. The lowest BCUT2D eigenvalue weighted by molar-refractivity contribution is 0.0719. The zero-order valence-electron chi connectivity index (χ0n) is 14.6. The first kappa shape index (κ1) is 17.2. The fourth-order valence-electron chi connectivity index (χ4n) is 2.88. The standard InChI is InChI=1S/C19H17N5O2S/c1-14-10-15(6-7-18(14)24-13-20-21-22-24)19(25)23(11-16-4-2-8-26-16)12-17-5-3-9-27-17/h2-10,13H,11-12H2,1H3. The summed E-state index contributed by atoms with van der Waals surface area (Å²) in [5.74, 6) is 0.702. The van der Waals surface area contributed by atoms with Gasteiger partial charge in [-0.15, -0.1) is 16.4 Å². The Morgan fingerprint density at radius 1 is 1.22 bits per heavy atom. The molecule has 0 aliphatic carbocycles. The lowest BCUT2D eigenvalue weighted by atomic mass is 10.1. The molecule has 0 atom stereocenters. The second-order valence-corrected chi connectivity index (χ2v) is 7.11. The lowest BCUT2D eigenvalue weighted by Crippen LogP contribution is -2.29. The molecule has 0 aliphatic rings. The molecule has 136 valence electrons. The molecule has 3 heterocycles. The number of benzene rings is 1. The number of aryl methyl sites for hydroxylation is 1. The number of carbonyl (C=O) groups excluding carboxylic acids is 1. The van der Waals surface area contributed by atoms with Crippen LogP contribution in [-0.2, 0) is 13.1 Å². The number of carbonyl (C=O) groups is 1. The molecule has 0 saturated heterocycles. The highest BCUT2D eigenvalue weighted by Gasteiger charge is 2.19. The molecule has 0 aliphatic heterocycles. The van der Waals surface area contributed by atoms with Crippen LogP contribution in [-0.4, -0.2) is 31.0 Å². The van der Waals surface area contributed by atoms with Crippen LogP contribution in [0.25, 0.3) is 5.69 Å². The van der Waals surface area contributed by atoms with Gasteiger partial charge in [-0.25, -0.2) is 4.68 Å². The number of amides is 1. The molecule has 1 amide bonds. The normalized spacial score (nSPS) is 10.9. The first-order chi connectivity index (χ1) is 13.2. The molecule has 4 rings (SSSR count). The number of tetrazole rings is 1. The summed E-state index contributed by atoms with van der Waals surface area (Å²) < 4.78 is 7.02. The molecule has 27 heavy (non-hydrogen) atoms. The van der Waals surface area contributed by atoms with E-state index in [2.05, 4.69) is 15.5 Å². The van der Waals surface area contributed by atoms with E-state index >= 15 is 0 Å². The van der Waals surface area contributed by atoms with Crippen LogP contribution in [0.3, 0.4) is 0 Å². The molecule has 0 bridgehead atoms. The first-order valence-corrected chi connectivity index (χ1v) is 9.27. The summed E-state index contributed by atoms with van der Waals surface area (Å²) in [7, 11) is 0. The summed E-state index contributed by atoms with van der Waals surface area (Å²) in [6.45, 7) is 2.88. The maximum atomic E-state index is 13.2. The molecule has 0 N–H and O–H groups in total. The maximum absolute atomic E-state index is 13.2. The first-order valence-electron chi connectivity index (χ1n) is 8.39. The second kappa shape index (κ2) is 7.55. The minimum absolute atomic E-state index is 0.0498. The van der Waals surface area contributed by atoms with E-state index < -0.39 is 0 Å². The molecule has 0 spiro atoms. The molecule has 7 nitrogen and oxygen atoms in total. The van der Waals surface area contributed by atoms with Crippen molar-refractivity contribution in [1.29, 1.82) is 0 Å². The van der Waals surface area contributed by atoms with E-state index in [9.17, 15) is 4.79 Å². The summed E-state index contributed by atoms with van der Waals surface area (Å²) in [4.78, 5) is 16.1. The van der Waals surface area contributed by atoms with Gasteiger partial charge in [-0.2, -0.15) is 0 Å². The Kier molecular flexibility index (Phi) is 4.80. The predicted molar refractivity (Wildman–Crippen MR) is 100 cm³/mol. The molecule has 4 aromatic rings. The van der Waals surface area contributed by atoms with Gasteiger partial charge in [0, 0.05) is 10.4 Å². The zero-order valence-corrected chi connectivity index (χ0v) is 15.5. The Morgan fingerprint density at radius 2 is 2.15 bits per heavy atom. The van der Waals surface area contributed by atoms with Crippen molar-refractivity contribution in [3.8, 4) is 5.69 Å². The summed E-state index contributed by atoms with van der Waals surface area (Å²) in [5, 5.41) is 13.2. The third-order valence-corrected chi connectivity index (χ3v) is 5.04. The van der Waals surface area contributed by atoms with Gasteiger partial charge in [-0.3, -0.25) is 4.79 Å². The van der Waals surface area contributed by atoms with Gasteiger partial charge in [0.05, 0.1) is 25.0 Å². The van der Waals surface area contributed by atoms with Gasteiger partial charge in [-0.05, 0) is 64.7 Å². The highest BCUT2D eigenvalue weighted by Crippen LogP contribution is 2.20. The van der Waals surface area contributed by atoms with Gasteiger partial charge in [0.15, 0.2) is 0 Å². The van der Waals surface area contributed by atoms with E-state index in [1.54, 1.807) is 33.2 Å². The van der Waals surface area contributed by atoms with Crippen LogP contribution in [0.15, 0.2) is 64.9 Å². The smallest absolute Gasteiger partial charge is 0.254 e. The number of hydrogen-bond acceptors (Lipinski definition) is 6. The van der Waals surface area contributed by atoms with Crippen molar-refractivity contribution >= 4 is 17.2 Å². The minimum Gasteiger partial charge on any atom is -0.467 e. The molecular formula is C19H17N5O2S. The average Bonchev–Trinajstić information content (AvgIpc) is 3.43. The molecule has 0 unspecified atom stereocenters. The molecule has 0 fully saturated rings. The van der Waals surface area contributed by atoms with Crippen LogP contribution >= 0.6 is 11.3 Å². The summed E-state index contributed by atoms with van der Waals surface area (Å²) in [6, 6.07) is 13.2. The van der Waals surface area contributed by atoms with Crippen LogP contribution in [0.2, 0.25) is 0 Å². The topological polar surface area (TPSA) is 77.0 Å². The van der Waals surface area contributed by atoms with Crippen molar-refractivity contribution in [2.75, 3.05) is 0 Å². The third kappa shape index (κ3) is 3.80. The van der Waals surface area contributed by atoms with E-state index in [-0.39, 0.29) is 5.91 Å². The molecule has 0 saturated carbocycles. The van der Waals surface area contributed by atoms with E-state index in [0.29, 0.717) is 18.7 Å². The molecule has 0 radical (unpaired) electrons. The van der Waals surface area contributed by atoms with Gasteiger partial charge in [-0.1, -0.05) is 6.07 Å². The van der Waals surface area contributed by atoms with Crippen LogP contribution in [0.1, 0.15) is 26.6 Å². The van der Waals surface area contributed by atoms with Crippen molar-refractivity contribution in [2.45, 2.75) is 20.0 Å². The van der Waals surface area contributed by atoms with E-state index in [1.165, 1.54) is 6.33 Å². The van der Waals surface area contributed by atoms with Crippen LogP contribution in [0.5, 0.6) is 0 Å². The van der Waals surface area contributed by atoms with Crippen molar-refractivity contribution in [2.24, 2.45) is 0 Å². The third-order valence-electron chi connectivity index (χ3n) is 4.18. The minimum atomic E-state index is -0.0498. The highest BCUT2D eigenvalue weighted by atomic mass is 32.1.